The predicted octanol–water partition coefficient (Wildman–Crippen LogP) is 13.7. The number of fused-ring (bicyclic) bond motifs is 7. The highest BCUT2D eigenvalue weighted by atomic mass is 32.2. The van der Waals surface area contributed by atoms with E-state index in [1.807, 2.05) is 36.0 Å². The summed E-state index contributed by atoms with van der Waals surface area (Å²) in [6, 6.07) is 69.0. The average molecular weight is 721 g/mol. The first-order valence-electron chi connectivity index (χ1n) is 18.5. The molecule has 258 valence electrons. The van der Waals surface area contributed by atoms with Crippen LogP contribution in [0.4, 0.5) is 17.1 Å². The summed E-state index contributed by atoms with van der Waals surface area (Å²) < 4.78 is 2.48. The standard InChI is InChI=1S/C50H32N4S/c1-5-16-34(17-6-1)42-32-43(52-50(51-42)35-18-7-2-8-19-35)36-26-27-44-46(29-36)55-47-31-39(53(37-20-9-3-10-21-37)38-22-11-4-12-23-38)30-41-48-40-24-14-13-15-33(40)25-28-45(48)54(44)49(41)47/h1-32H. The van der Waals surface area contributed by atoms with Crippen molar-refractivity contribution in [2.75, 3.05) is 4.90 Å². The molecule has 11 rings (SSSR count). The van der Waals surface area contributed by atoms with E-state index < -0.39 is 0 Å². The van der Waals surface area contributed by atoms with E-state index in [2.05, 4.69) is 179 Å². The average Bonchev–Trinajstić information content (AvgIpc) is 3.60. The molecule has 1 aliphatic heterocycles. The van der Waals surface area contributed by atoms with Gasteiger partial charge in [-0.1, -0.05) is 145 Å². The van der Waals surface area contributed by atoms with Gasteiger partial charge in [0.15, 0.2) is 5.82 Å². The highest BCUT2D eigenvalue weighted by molar-refractivity contribution is 7.99. The summed E-state index contributed by atoms with van der Waals surface area (Å²) in [7, 11) is 0. The monoisotopic (exact) mass is 720 g/mol. The molecule has 0 unspecified atom stereocenters. The molecule has 0 aliphatic carbocycles. The van der Waals surface area contributed by atoms with Crippen molar-refractivity contribution < 1.29 is 0 Å². The van der Waals surface area contributed by atoms with Crippen molar-refractivity contribution in [3.05, 3.63) is 194 Å². The van der Waals surface area contributed by atoms with Gasteiger partial charge in [0.1, 0.15) is 0 Å². The molecule has 0 bridgehead atoms. The van der Waals surface area contributed by atoms with Gasteiger partial charge in [0.05, 0.1) is 28.1 Å². The molecule has 0 radical (unpaired) electrons. The van der Waals surface area contributed by atoms with Crippen molar-refractivity contribution >= 4 is 61.4 Å². The number of hydrogen-bond donors (Lipinski definition) is 0. The van der Waals surface area contributed by atoms with Crippen molar-refractivity contribution in [1.29, 1.82) is 0 Å². The Kier molecular flexibility index (Phi) is 7.39. The lowest BCUT2D eigenvalue weighted by atomic mass is 10.0. The van der Waals surface area contributed by atoms with Gasteiger partial charge in [-0.3, -0.25) is 0 Å². The number of aromatic nitrogens is 3. The molecule has 55 heavy (non-hydrogen) atoms. The minimum atomic E-state index is 0.712. The molecule has 10 aromatic rings. The Morgan fingerprint density at radius 1 is 0.436 bits per heavy atom. The Morgan fingerprint density at radius 2 is 1.05 bits per heavy atom. The van der Waals surface area contributed by atoms with Crippen LogP contribution in [0.3, 0.4) is 0 Å². The van der Waals surface area contributed by atoms with Crippen molar-refractivity contribution in [3.63, 3.8) is 0 Å². The summed E-state index contributed by atoms with van der Waals surface area (Å²) in [5.74, 6) is 0.712. The maximum atomic E-state index is 5.18. The van der Waals surface area contributed by atoms with Crippen LogP contribution < -0.4 is 4.90 Å². The molecule has 0 spiro atoms. The van der Waals surface area contributed by atoms with Crippen LogP contribution in [0.1, 0.15) is 0 Å². The molecule has 0 amide bonds. The Labute approximate surface area is 323 Å². The topological polar surface area (TPSA) is 34.0 Å². The van der Waals surface area contributed by atoms with Gasteiger partial charge in [-0.15, -0.1) is 0 Å². The van der Waals surface area contributed by atoms with Crippen LogP contribution in [0.5, 0.6) is 0 Å². The van der Waals surface area contributed by atoms with Gasteiger partial charge in [0.25, 0.3) is 0 Å². The largest absolute Gasteiger partial charge is 0.310 e. The first-order valence-corrected chi connectivity index (χ1v) is 19.3. The SMILES string of the molecule is c1ccc(-c2cc(-c3ccc4c(c3)Sc3cc(N(c5ccccc5)c5ccccc5)cc5c6c7ccccc7ccc6n-4c35)nc(-c3ccccc3)n2)cc1. The fourth-order valence-corrected chi connectivity index (χ4v) is 9.21. The molecule has 2 aromatic heterocycles. The fraction of sp³-hybridized carbons (Fsp3) is 0. The maximum absolute atomic E-state index is 5.18. The second kappa shape index (κ2) is 12.9. The fourth-order valence-electron chi connectivity index (χ4n) is 8.05. The number of para-hydroxylation sites is 2. The van der Waals surface area contributed by atoms with E-state index in [-0.39, 0.29) is 0 Å². The van der Waals surface area contributed by atoms with Crippen LogP contribution in [0.15, 0.2) is 204 Å². The van der Waals surface area contributed by atoms with E-state index in [1.54, 1.807) is 0 Å². The van der Waals surface area contributed by atoms with Gasteiger partial charge >= 0.3 is 0 Å². The van der Waals surface area contributed by atoms with Gasteiger partial charge in [-0.25, -0.2) is 9.97 Å². The number of rotatable bonds is 6. The zero-order valence-electron chi connectivity index (χ0n) is 29.7. The molecule has 3 heterocycles. The van der Waals surface area contributed by atoms with Crippen molar-refractivity contribution in [3.8, 4) is 39.6 Å². The smallest absolute Gasteiger partial charge is 0.160 e. The highest BCUT2D eigenvalue weighted by Crippen LogP contribution is 2.51. The Hall–Kier alpha value is -6.95. The Bertz CT molecular complexity index is 2950. The zero-order chi connectivity index (χ0) is 36.3. The molecule has 5 heteroatoms. The third-order valence-electron chi connectivity index (χ3n) is 10.5. The van der Waals surface area contributed by atoms with Crippen LogP contribution in [0.2, 0.25) is 0 Å². The quantitative estimate of drug-likeness (QED) is 0.171. The summed E-state index contributed by atoms with van der Waals surface area (Å²) in [6.07, 6.45) is 0. The van der Waals surface area contributed by atoms with Gasteiger partial charge < -0.3 is 9.47 Å². The van der Waals surface area contributed by atoms with Crippen molar-refractivity contribution in [1.82, 2.24) is 14.5 Å². The summed E-state index contributed by atoms with van der Waals surface area (Å²) in [6.45, 7) is 0. The molecule has 4 nitrogen and oxygen atoms in total. The van der Waals surface area contributed by atoms with Crippen molar-refractivity contribution in [2.24, 2.45) is 0 Å². The predicted molar refractivity (Wildman–Crippen MR) is 229 cm³/mol. The third-order valence-corrected chi connectivity index (χ3v) is 11.6. The van der Waals surface area contributed by atoms with E-state index in [1.165, 1.54) is 48.1 Å². The van der Waals surface area contributed by atoms with Crippen molar-refractivity contribution in [2.45, 2.75) is 9.79 Å². The van der Waals surface area contributed by atoms with Crippen LogP contribution in [0.25, 0.3) is 72.2 Å². The molecule has 0 saturated heterocycles. The van der Waals surface area contributed by atoms with Crippen LogP contribution in [0, 0.1) is 0 Å². The van der Waals surface area contributed by atoms with Gasteiger partial charge in [0, 0.05) is 54.3 Å². The molecular formula is C50H32N4S. The summed E-state index contributed by atoms with van der Waals surface area (Å²) in [4.78, 5) is 15.0. The minimum absolute atomic E-state index is 0.712. The molecule has 0 N–H and O–H groups in total. The molecule has 0 fully saturated rings. The van der Waals surface area contributed by atoms with Gasteiger partial charge in [-0.2, -0.15) is 0 Å². The van der Waals surface area contributed by atoms with Crippen LogP contribution in [-0.2, 0) is 0 Å². The van der Waals surface area contributed by atoms with Crippen LogP contribution >= 0.6 is 11.8 Å². The lowest BCUT2D eigenvalue weighted by Crippen LogP contribution is -2.10. The summed E-state index contributed by atoms with van der Waals surface area (Å²) in [5, 5.41) is 5.00. The van der Waals surface area contributed by atoms with E-state index in [4.69, 9.17) is 9.97 Å². The molecular weight excluding hydrogens is 689 g/mol. The summed E-state index contributed by atoms with van der Waals surface area (Å²) in [5.41, 5.74) is 11.9. The van der Waals surface area contributed by atoms with Crippen LogP contribution in [-0.4, -0.2) is 14.5 Å². The number of nitrogens with zero attached hydrogens (tertiary/aromatic N) is 4. The Balaban J connectivity index is 1.15. The lowest BCUT2D eigenvalue weighted by Gasteiger charge is -2.27. The molecule has 1 aliphatic rings. The molecule has 0 atom stereocenters. The highest BCUT2D eigenvalue weighted by Gasteiger charge is 2.27. The van der Waals surface area contributed by atoms with E-state index >= 15 is 0 Å². The Morgan fingerprint density at radius 3 is 1.76 bits per heavy atom. The lowest BCUT2D eigenvalue weighted by molar-refractivity contribution is 1.09. The molecule has 8 aromatic carbocycles. The maximum Gasteiger partial charge on any atom is 0.160 e. The van der Waals surface area contributed by atoms with E-state index in [9.17, 15) is 0 Å². The first kappa shape index (κ1) is 31.6. The first-order chi connectivity index (χ1) is 27.3. The van der Waals surface area contributed by atoms with Gasteiger partial charge in [-0.05, 0) is 71.4 Å². The number of hydrogen-bond acceptors (Lipinski definition) is 4. The van der Waals surface area contributed by atoms with Gasteiger partial charge in [0.2, 0.25) is 0 Å². The molecule has 0 saturated carbocycles. The van der Waals surface area contributed by atoms with E-state index in [0.29, 0.717) is 5.82 Å². The van der Waals surface area contributed by atoms with E-state index in [0.717, 1.165) is 45.1 Å². The third kappa shape index (κ3) is 5.31. The second-order valence-electron chi connectivity index (χ2n) is 13.8. The summed E-state index contributed by atoms with van der Waals surface area (Å²) >= 11 is 1.84. The number of anilines is 3. The zero-order valence-corrected chi connectivity index (χ0v) is 30.5. The second-order valence-corrected chi connectivity index (χ2v) is 14.9. The minimum Gasteiger partial charge on any atom is -0.310 e. The number of benzene rings is 8. The normalized spacial score (nSPS) is 11.9.